The van der Waals surface area contributed by atoms with E-state index in [-0.39, 0.29) is 27.1 Å². The van der Waals surface area contributed by atoms with E-state index >= 15 is 0 Å². The molecule has 0 unspecified atom stereocenters. The Hall–Kier alpha value is -3.53. The fourth-order valence-electron chi connectivity index (χ4n) is 3.29. The molecule has 4 aromatic rings. The number of furan rings is 1. The van der Waals surface area contributed by atoms with Gasteiger partial charge in [-0.3, -0.25) is 9.52 Å². The van der Waals surface area contributed by atoms with Crippen LogP contribution in [0.15, 0.2) is 76.0 Å². The maximum absolute atomic E-state index is 13.0. The summed E-state index contributed by atoms with van der Waals surface area (Å²) in [6, 6.07) is 16.9. The highest BCUT2D eigenvalue weighted by molar-refractivity contribution is 7.92. The fourth-order valence-corrected chi connectivity index (χ4v) is 5.20. The zero-order chi connectivity index (χ0) is 25.9. The number of benzene rings is 3. The minimum Gasteiger partial charge on any atom is -0.494 e. The second kappa shape index (κ2) is 10.6. The third-order valence-electron chi connectivity index (χ3n) is 4.98. The molecule has 0 fully saturated rings. The summed E-state index contributed by atoms with van der Waals surface area (Å²) in [4.78, 5) is 24.7. The summed E-state index contributed by atoms with van der Waals surface area (Å²) in [7, 11) is -4.20. The lowest BCUT2D eigenvalue weighted by Crippen LogP contribution is -2.17. The van der Waals surface area contributed by atoms with Crippen LogP contribution in [0.5, 0.6) is 5.75 Å². The smallest absolute Gasteiger partial charge is 0.340 e. The van der Waals surface area contributed by atoms with Crippen LogP contribution < -0.4 is 9.46 Å². The van der Waals surface area contributed by atoms with Gasteiger partial charge >= 0.3 is 5.97 Å². The van der Waals surface area contributed by atoms with Gasteiger partial charge in [0.2, 0.25) is 5.78 Å². The molecule has 0 atom stereocenters. The fraction of sp³-hybridized carbons (Fsp3) is 0.120. The number of carbonyl (C=O) groups excluding carboxylic acids is 2. The molecule has 3 aromatic carbocycles. The van der Waals surface area contributed by atoms with Crippen molar-refractivity contribution in [2.24, 2.45) is 0 Å². The molecular formula is C25H19Cl2NO7S. The lowest BCUT2D eigenvalue weighted by Gasteiger charge is -2.13. The Morgan fingerprint density at radius 3 is 2.39 bits per heavy atom. The van der Waals surface area contributed by atoms with Crippen LogP contribution in [0.3, 0.4) is 0 Å². The van der Waals surface area contributed by atoms with E-state index in [0.29, 0.717) is 17.9 Å². The molecule has 11 heteroatoms. The molecular weight excluding hydrogens is 529 g/mol. The quantitative estimate of drug-likeness (QED) is 0.202. The highest BCUT2D eigenvalue weighted by Crippen LogP contribution is 2.31. The van der Waals surface area contributed by atoms with Gasteiger partial charge in [-0.1, -0.05) is 41.4 Å². The van der Waals surface area contributed by atoms with Gasteiger partial charge in [0.25, 0.3) is 10.0 Å². The summed E-state index contributed by atoms with van der Waals surface area (Å²) in [6.45, 7) is 1.66. The number of ketones is 1. The number of halogens is 2. The average molecular weight is 548 g/mol. The Labute approximate surface area is 216 Å². The van der Waals surface area contributed by atoms with Gasteiger partial charge < -0.3 is 13.9 Å². The van der Waals surface area contributed by atoms with Crippen molar-refractivity contribution in [1.82, 2.24) is 0 Å². The summed E-state index contributed by atoms with van der Waals surface area (Å²) in [5.74, 6) is -0.977. The number of fused-ring (bicyclic) bond motifs is 1. The first-order valence-corrected chi connectivity index (χ1v) is 12.9. The highest BCUT2D eigenvalue weighted by atomic mass is 35.5. The lowest BCUT2D eigenvalue weighted by atomic mass is 10.2. The van der Waals surface area contributed by atoms with Crippen molar-refractivity contribution in [3.05, 3.63) is 88.1 Å². The molecule has 1 N–H and O–H groups in total. The maximum Gasteiger partial charge on any atom is 0.340 e. The molecule has 4 rings (SSSR count). The predicted molar refractivity (Wildman–Crippen MR) is 136 cm³/mol. The van der Waals surface area contributed by atoms with Crippen LogP contribution in [0, 0.1) is 0 Å². The van der Waals surface area contributed by atoms with E-state index in [4.69, 9.17) is 37.1 Å². The van der Waals surface area contributed by atoms with Gasteiger partial charge in [-0.05, 0) is 55.5 Å². The van der Waals surface area contributed by atoms with Crippen molar-refractivity contribution in [2.75, 3.05) is 17.9 Å². The minimum absolute atomic E-state index is 0.0222. The molecule has 0 aliphatic heterocycles. The molecule has 0 bridgehead atoms. The Morgan fingerprint density at radius 1 is 0.972 bits per heavy atom. The first kappa shape index (κ1) is 25.6. The average Bonchev–Trinajstić information content (AvgIpc) is 3.28. The van der Waals surface area contributed by atoms with Gasteiger partial charge in [-0.15, -0.1) is 0 Å². The van der Waals surface area contributed by atoms with Crippen LogP contribution in [-0.2, 0) is 14.8 Å². The van der Waals surface area contributed by atoms with Crippen LogP contribution in [0.4, 0.5) is 5.69 Å². The molecule has 36 heavy (non-hydrogen) atoms. The van der Waals surface area contributed by atoms with Gasteiger partial charge in [0, 0.05) is 11.1 Å². The number of para-hydroxylation sites is 1. The molecule has 0 aliphatic rings. The topological polar surface area (TPSA) is 112 Å². The van der Waals surface area contributed by atoms with Crippen molar-refractivity contribution < 1.29 is 31.9 Å². The summed E-state index contributed by atoms with van der Waals surface area (Å²) in [6.07, 6.45) is 0. The number of carbonyl (C=O) groups is 2. The van der Waals surface area contributed by atoms with Gasteiger partial charge in [-0.25, -0.2) is 13.2 Å². The number of Topliss-reactive ketones (excluding diaryl/α,β-unsaturated/α-hetero) is 1. The molecule has 0 radical (unpaired) electrons. The Balaban J connectivity index is 1.50. The monoisotopic (exact) mass is 547 g/mol. The zero-order valence-corrected chi connectivity index (χ0v) is 21.1. The van der Waals surface area contributed by atoms with E-state index in [0.717, 1.165) is 17.5 Å². The molecule has 0 amide bonds. The van der Waals surface area contributed by atoms with Gasteiger partial charge in [0.05, 0.1) is 22.2 Å². The number of sulfonamides is 1. The van der Waals surface area contributed by atoms with Gasteiger partial charge in [0.15, 0.2) is 12.4 Å². The van der Waals surface area contributed by atoms with E-state index in [2.05, 4.69) is 4.72 Å². The van der Waals surface area contributed by atoms with Crippen LogP contribution in [0.2, 0.25) is 10.0 Å². The highest BCUT2D eigenvalue weighted by Gasteiger charge is 2.24. The van der Waals surface area contributed by atoms with Crippen molar-refractivity contribution in [3.63, 3.8) is 0 Å². The number of hydrogen-bond acceptors (Lipinski definition) is 7. The van der Waals surface area contributed by atoms with Crippen molar-refractivity contribution in [2.45, 2.75) is 11.8 Å². The SMILES string of the molecule is CCOc1ccc(NS(=O)(=O)c2cc(C(=O)OCC(=O)c3cc4ccccc4o3)c(Cl)cc2Cl)cc1. The number of nitrogens with one attached hydrogen (secondary N) is 1. The molecule has 0 saturated carbocycles. The molecule has 0 saturated heterocycles. The first-order chi connectivity index (χ1) is 17.2. The molecule has 0 aliphatic carbocycles. The molecule has 186 valence electrons. The number of hydrogen-bond donors (Lipinski definition) is 1. The van der Waals surface area contributed by atoms with Gasteiger partial charge in [0.1, 0.15) is 16.2 Å². The van der Waals surface area contributed by atoms with Crippen LogP contribution >= 0.6 is 23.2 Å². The molecule has 8 nitrogen and oxygen atoms in total. The molecule has 0 spiro atoms. The van der Waals surface area contributed by atoms with Crippen LogP contribution in [0.1, 0.15) is 27.8 Å². The third kappa shape index (κ3) is 5.64. The number of esters is 1. The number of rotatable bonds is 9. The van der Waals surface area contributed by atoms with Crippen LogP contribution in [0.25, 0.3) is 11.0 Å². The van der Waals surface area contributed by atoms with E-state index in [1.165, 1.54) is 18.2 Å². The van der Waals surface area contributed by atoms with Crippen molar-refractivity contribution in [3.8, 4) is 5.75 Å². The normalized spacial score (nSPS) is 11.3. The zero-order valence-electron chi connectivity index (χ0n) is 18.8. The second-order valence-electron chi connectivity index (χ2n) is 7.47. The summed E-state index contributed by atoms with van der Waals surface area (Å²) in [5.41, 5.74) is 0.498. The lowest BCUT2D eigenvalue weighted by molar-refractivity contribution is 0.0468. The largest absolute Gasteiger partial charge is 0.494 e. The van der Waals surface area contributed by atoms with E-state index < -0.39 is 33.3 Å². The summed E-state index contributed by atoms with van der Waals surface area (Å²) in [5, 5.41) is 0.386. The van der Waals surface area contributed by atoms with E-state index in [1.54, 1.807) is 36.4 Å². The Bertz CT molecular complexity index is 1510. The van der Waals surface area contributed by atoms with Crippen molar-refractivity contribution >= 4 is 61.6 Å². The summed E-state index contributed by atoms with van der Waals surface area (Å²) >= 11 is 12.2. The number of anilines is 1. The standard InChI is InChI=1S/C25H19Cl2NO7S/c1-2-33-17-9-7-16(8-10-17)28-36(31,32)24-12-18(19(26)13-20(24)27)25(30)34-14-21(29)23-11-15-5-3-4-6-22(15)35-23/h3-13,28H,2,14H2,1H3. The maximum atomic E-state index is 13.0. The van der Waals surface area contributed by atoms with E-state index in [1.807, 2.05) is 6.92 Å². The predicted octanol–water partition coefficient (Wildman–Crippen LogP) is 5.98. The van der Waals surface area contributed by atoms with Crippen molar-refractivity contribution in [1.29, 1.82) is 0 Å². The van der Waals surface area contributed by atoms with E-state index in [9.17, 15) is 18.0 Å². The van der Waals surface area contributed by atoms with Gasteiger partial charge in [-0.2, -0.15) is 0 Å². The molecule has 1 aromatic heterocycles. The third-order valence-corrected chi connectivity index (χ3v) is 7.14. The Kier molecular flexibility index (Phi) is 7.53. The molecule has 1 heterocycles. The number of ether oxygens (including phenoxy) is 2. The summed E-state index contributed by atoms with van der Waals surface area (Å²) < 4.78 is 44.2. The van der Waals surface area contributed by atoms with Crippen LogP contribution in [-0.4, -0.2) is 33.4 Å². The Morgan fingerprint density at radius 2 is 1.69 bits per heavy atom. The minimum atomic E-state index is -4.20. The second-order valence-corrected chi connectivity index (χ2v) is 9.94. The first-order valence-electron chi connectivity index (χ1n) is 10.6.